The average molecular weight is 355 g/mol. The van der Waals surface area contributed by atoms with Crippen LogP contribution >= 0.6 is 0 Å². The van der Waals surface area contributed by atoms with Crippen LogP contribution in [0.4, 0.5) is 0 Å². The number of carbonyl (C=O) groups is 1. The molecule has 0 fully saturated rings. The van der Waals surface area contributed by atoms with E-state index < -0.39 is 5.54 Å². The molecule has 0 N–H and O–H groups in total. The highest BCUT2D eigenvalue weighted by molar-refractivity contribution is 6.04. The van der Waals surface area contributed by atoms with Crippen molar-refractivity contribution in [2.24, 2.45) is 0 Å². The molecule has 0 radical (unpaired) electrons. The molecule has 0 saturated carbocycles. The van der Waals surface area contributed by atoms with Crippen molar-refractivity contribution < 1.29 is 14.3 Å². The number of carbonyl (C=O) groups excluding carboxylic acids is 1. The fourth-order valence-corrected chi connectivity index (χ4v) is 3.33. The number of Topliss-reactive ketones (excluding diaryl/α,β-unsaturated/α-hetero) is 1. The molecule has 2 aromatic rings. The molecule has 2 aromatic carbocycles. The zero-order valence-electron chi connectivity index (χ0n) is 16.6. The van der Waals surface area contributed by atoms with E-state index in [4.69, 9.17) is 9.47 Å². The van der Waals surface area contributed by atoms with Crippen LogP contribution in [0.15, 0.2) is 42.5 Å². The Morgan fingerprint density at radius 1 is 1.00 bits per heavy atom. The van der Waals surface area contributed by atoms with Crippen LogP contribution in [0.1, 0.15) is 34.8 Å². The summed E-state index contributed by atoms with van der Waals surface area (Å²) in [4.78, 5) is 15.6. The Morgan fingerprint density at radius 3 is 2.12 bits per heavy atom. The SMILES string of the molecule is CCC(Cc1ccc(C)cc1)(C(=O)c1ccc(OC)c(OC)c1)N(C)C. The van der Waals surface area contributed by atoms with Crippen molar-refractivity contribution in [3.8, 4) is 11.5 Å². The molecule has 4 nitrogen and oxygen atoms in total. The molecule has 0 aromatic heterocycles. The average Bonchev–Trinajstić information content (AvgIpc) is 2.66. The molecule has 2 rings (SSSR count). The maximum atomic E-state index is 13.5. The van der Waals surface area contributed by atoms with E-state index >= 15 is 0 Å². The molecule has 0 heterocycles. The third-order valence-corrected chi connectivity index (χ3v) is 5.13. The highest BCUT2D eigenvalue weighted by Gasteiger charge is 2.39. The number of methoxy groups -OCH3 is 2. The maximum Gasteiger partial charge on any atom is 0.183 e. The molecule has 1 atom stereocenters. The van der Waals surface area contributed by atoms with Gasteiger partial charge in [0.1, 0.15) is 0 Å². The van der Waals surface area contributed by atoms with Gasteiger partial charge in [0.05, 0.1) is 19.8 Å². The summed E-state index contributed by atoms with van der Waals surface area (Å²) in [6, 6.07) is 13.7. The van der Waals surface area contributed by atoms with Crippen molar-refractivity contribution in [1.82, 2.24) is 4.90 Å². The first-order valence-electron chi connectivity index (χ1n) is 8.87. The minimum absolute atomic E-state index is 0.0894. The molecule has 0 aliphatic carbocycles. The van der Waals surface area contributed by atoms with Crippen molar-refractivity contribution in [1.29, 1.82) is 0 Å². The Morgan fingerprint density at radius 2 is 1.62 bits per heavy atom. The van der Waals surface area contributed by atoms with Crippen molar-refractivity contribution in [2.45, 2.75) is 32.2 Å². The van der Waals surface area contributed by atoms with Gasteiger partial charge < -0.3 is 9.47 Å². The first kappa shape index (κ1) is 20.0. The number of hydrogen-bond donors (Lipinski definition) is 0. The van der Waals surface area contributed by atoms with E-state index in [2.05, 4.69) is 38.1 Å². The molecular weight excluding hydrogens is 326 g/mol. The summed E-state index contributed by atoms with van der Waals surface area (Å²) < 4.78 is 10.7. The summed E-state index contributed by atoms with van der Waals surface area (Å²) in [6.07, 6.45) is 1.37. The Bertz CT molecular complexity index is 752. The van der Waals surface area contributed by atoms with Gasteiger partial charge >= 0.3 is 0 Å². The molecule has 0 aliphatic rings. The summed E-state index contributed by atoms with van der Waals surface area (Å²) >= 11 is 0. The van der Waals surface area contributed by atoms with Gasteiger partial charge in [0.2, 0.25) is 0 Å². The lowest BCUT2D eigenvalue weighted by Crippen LogP contribution is -2.52. The third-order valence-electron chi connectivity index (χ3n) is 5.13. The van der Waals surface area contributed by atoms with E-state index in [1.165, 1.54) is 5.56 Å². The first-order chi connectivity index (χ1) is 12.4. The van der Waals surface area contributed by atoms with Crippen molar-refractivity contribution >= 4 is 5.78 Å². The second kappa shape index (κ2) is 8.37. The predicted molar refractivity (Wildman–Crippen MR) is 105 cm³/mol. The second-order valence-electron chi connectivity index (χ2n) is 6.84. The number of aryl methyl sites for hydroxylation is 1. The molecule has 0 bridgehead atoms. The van der Waals surface area contributed by atoms with Crippen LogP contribution in [-0.2, 0) is 6.42 Å². The minimum atomic E-state index is -0.616. The standard InChI is InChI=1S/C22H29NO3/c1-7-22(23(3)4,15-17-10-8-16(2)9-11-17)21(24)18-12-13-19(25-5)20(14-18)26-6/h8-14H,7,15H2,1-6H3. The van der Waals surface area contributed by atoms with Crippen LogP contribution in [0.2, 0.25) is 0 Å². The summed E-state index contributed by atoms with van der Waals surface area (Å²) in [5.74, 6) is 1.28. The third kappa shape index (κ3) is 3.91. The molecule has 1 unspecified atom stereocenters. The van der Waals surface area contributed by atoms with Crippen LogP contribution in [0, 0.1) is 6.92 Å². The van der Waals surface area contributed by atoms with E-state index in [-0.39, 0.29) is 5.78 Å². The van der Waals surface area contributed by atoms with Gasteiger partial charge in [-0.25, -0.2) is 0 Å². The van der Waals surface area contributed by atoms with Crippen molar-refractivity contribution in [2.75, 3.05) is 28.3 Å². The number of nitrogens with zero attached hydrogens (tertiary/aromatic N) is 1. The van der Waals surface area contributed by atoms with E-state index in [1.54, 1.807) is 26.4 Å². The zero-order chi connectivity index (χ0) is 19.3. The number of benzene rings is 2. The van der Waals surface area contributed by atoms with Crippen molar-refractivity contribution in [3.05, 3.63) is 59.2 Å². The van der Waals surface area contributed by atoms with Gasteiger partial charge in [-0.3, -0.25) is 9.69 Å². The molecular formula is C22H29NO3. The van der Waals surface area contributed by atoms with E-state index in [0.29, 0.717) is 29.9 Å². The predicted octanol–water partition coefficient (Wildman–Crippen LogP) is 4.15. The summed E-state index contributed by atoms with van der Waals surface area (Å²) in [5.41, 5.74) is 2.38. The second-order valence-corrected chi connectivity index (χ2v) is 6.84. The van der Waals surface area contributed by atoms with E-state index in [0.717, 1.165) is 5.56 Å². The smallest absolute Gasteiger partial charge is 0.183 e. The van der Waals surface area contributed by atoms with Gasteiger partial charge in [-0.05, 0) is 57.6 Å². The number of ketones is 1. The van der Waals surface area contributed by atoms with Gasteiger partial charge in [-0.1, -0.05) is 36.8 Å². The Kier molecular flexibility index (Phi) is 6.43. The monoisotopic (exact) mass is 355 g/mol. The fraction of sp³-hybridized carbons (Fsp3) is 0.409. The van der Waals surface area contributed by atoms with E-state index in [1.807, 2.05) is 25.1 Å². The molecule has 0 aliphatic heterocycles. The molecule has 26 heavy (non-hydrogen) atoms. The van der Waals surface area contributed by atoms with Gasteiger partial charge in [-0.15, -0.1) is 0 Å². The first-order valence-corrected chi connectivity index (χ1v) is 8.87. The topological polar surface area (TPSA) is 38.8 Å². The number of rotatable bonds is 8. The molecule has 0 spiro atoms. The van der Waals surface area contributed by atoms with Crippen LogP contribution in [-0.4, -0.2) is 44.5 Å². The Balaban J connectivity index is 2.45. The zero-order valence-corrected chi connectivity index (χ0v) is 16.6. The molecule has 0 saturated heterocycles. The maximum absolute atomic E-state index is 13.5. The normalized spacial score (nSPS) is 13.3. The minimum Gasteiger partial charge on any atom is -0.493 e. The summed E-state index contributed by atoms with van der Waals surface area (Å²) in [6.45, 7) is 4.13. The van der Waals surface area contributed by atoms with E-state index in [9.17, 15) is 4.79 Å². The highest BCUT2D eigenvalue weighted by Crippen LogP contribution is 2.32. The fourth-order valence-electron chi connectivity index (χ4n) is 3.33. The lowest BCUT2D eigenvalue weighted by molar-refractivity contribution is 0.0666. The molecule has 0 amide bonds. The quantitative estimate of drug-likeness (QED) is 0.667. The van der Waals surface area contributed by atoms with Gasteiger partial charge in [0.15, 0.2) is 17.3 Å². The number of ether oxygens (including phenoxy) is 2. The van der Waals surface area contributed by atoms with Gasteiger partial charge in [0.25, 0.3) is 0 Å². The lowest BCUT2D eigenvalue weighted by atomic mass is 9.80. The summed E-state index contributed by atoms with van der Waals surface area (Å²) in [5, 5.41) is 0. The van der Waals surface area contributed by atoms with Gasteiger partial charge in [0, 0.05) is 5.56 Å². The largest absolute Gasteiger partial charge is 0.493 e. The van der Waals surface area contributed by atoms with Crippen LogP contribution < -0.4 is 9.47 Å². The summed E-state index contributed by atoms with van der Waals surface area (Å²) in [7, 11) is 7.11. The highest BCUT2D eigenvalue weighted by atomic mass is 16.5. The Labute approximate surface area is 156 Å². The van der Waals surface area contributed by atoms with Crippen LogP contribution in [0.5, 0.6) is 11.5 Å². The lowest BCUT2D eigenvalue weighted by Gasteiger charge is -2.38. The molecule has 140 valence electrons. The number of hydrogen-bond acceptors (Lipinski definition) is 4. The molecule has 4 heteroatoms. The van der Waals surface area contributed by atoms with Gasteiger partial charge in [-0.2, -0.15) is 0 Å². The number of likely N-dealkylation sites (N-methyl/N-ethyl adjacent to an activating group) is 1. The Hall–Kier alpha value is -2.33. The van der Waals surface area contributed by atoms with Crippen molar-refractivity contribution in [3.63, 3.8) is 0 Å². The van der Waals surface area contributed by atoms with Crippen LogP contribution in [0.3, 0.4) is 0 Å². The van der Waals surface area contributed by atoms with Crippen LogP contribution in [0.25, 0.3) is 0 Å².